The summed E-state index contributed by atoms with van der Waals surface area (Å²) in [5.41, 5.74) is 5.04. The van der Waals surface area contributed by atoms with E-state index in [0.29, 0.717) is 11.5 Å². The minimum Gasteiger partial charge on any atom is -0.392 e. The van der Waals surface area contributed by atoms with Gasteiger partial charge in [-0.2, -0.15) is 0 Å². The lowest BCUT2D eigenvalue weighted by Crippen LogP contribution is -2.40. The van der Waals surface area contributed by atoms with Gasteiger partial charge in [0.05, 0.1) is 10.4 Å². The Hall–Kier alpha value is -0.680. The Labute approximate surface area is 96.2 Å². The molecule has 0 saturated heterocycles. The van der Waals surface area contributed by atoms with Gasteiger partial charge in [-0.05, 0) is 39.9 Å². The molecule has 0 radical (unpaired) electrons. The fraction of sp³-hybridized carbons (Fsp3) is 0.800. The maximum Gasteiger partial charge on any atom is 0.233 e. The fourth-order valence-corrected chi connectivity index (χ4v) is 1.77. The summed E-state index contributed by atoms with van der Waals surface area (Å²) in [6.45, 7) is 1.67. The number of hydrogen-bond acceptors (Lipinski definition) is 3. The quantitative estimate of drug-likeness (QED) is 0.502. The maximum atomic E-state index is 11.7. The molecule has 0 heterocycles. The molecule has 3 N–H and O–H groups in total. The molecule has 0 unspecified atom stereocenters. The van der Waals surface area contributed by atoms with Crippen LogP contribution in [0, 0.1) is 5.41 Å². The zero-order chi connectivity index (χ0) is 11.5. The highest BCUT2D eigenvalue weighted by molar-refractivity contribution is 7.80. The van der Waals surface area contributed by atoms with E-state index in [9.17, 15) is 4.79 Å². The Morgan fingerprint density at radius 2 is 2.13 bits per heavy atom. The normalized spacial score (nSPS) is 17.5. The summed E-state index contributed by atoms with van der Waals surface area (Å²) in [6, 6.07) is 0. The number of nitrogens with one attached hydrogen (secondary N) is 1. The Kier molecular flexibility index (Phi) is 4.04. The number of hydrogen-bond donors (Lipinski definition) is 2. The summed E-state index contributed by atoms with van der Waals surface area (Å²) in [6.07, 6.45) is 2.57. The molecule has 1 amide bonds. The van der Waals surface area contributed by atoms with E-state index >= 15 is 0 Å². The number of carbonyl (C=O) groups excluding carboxylic acids is 1. The van der Waals surface area contributed by atoms with Gasteiger partial charge in [-0.25, -0.2) is 0 Å². The monoisotopic (exact) mass is 229 g/mol. The number of nitrogens with zero attached hydrogens (tertiary/aromatic N) is 1. The Bertz CT molecular complexity index is 261. The smallest absolute Gasteiger partial charge is 0.233 e. The molecule has 0 atom stereocenters. The van der Waals surface area contributed by atoms with Crippen LogP contribution in [0.2, 0.25) is 0 Å². The van der Waals surface area contributed by atoms with Crippen LogP contribution in [0.15, 0.2) is 0 Å². The van der Waals surface area contributed by atoms with Gasteiger partial charge >= 0.3 is 0 Å². The third-order valence-electron chi connectivity index (χ3n) is 2.72. The summed E-state index contributed by atoms with van der Waals surface area (Å²) < 4.78 is 0. The van der Waals surface area contributed by atoms with Crippen molar-refractivity contribution < 1.29 is 4.79 Å². The van der Waals surface area contributed by atoms with Gasteiger partial charge in [0, 0.05) is 6.54 Å². The molecule has 0 aliphatic heterocycles. The van der Waals surface area contributed by atoms with Gasteiger partial charge in [0.2, 0.25) is 5.91 Å². The average Bonchev–Trinajstić information content (AvgIpc) is 2.92. The van der Waals surface area contributed by atoms with Gasteiger partial charge in [-0.3, -0.25) is 4.79 Å². The summed E-state index contributed by atoms with van der Waals surface area (Å²) in [4.78, 5) is 14.2. The van der Waals surface area contributed by atoms with E-state index in [2.05, 4.69) is 10.2 Å². The zero-order valence-corrected chi connectivity index (χ0v) is 10.2. The zero-order valence-electron chi connectivity index (χ0n) is 9.38. The van der Waals surface area contributed by atoms with E-state index in [1.807, 2.05) is 14.1 Å². The second kappa shape index (κ2) is 4.90. The first-order valence-electron chi connectivity index (χ1n) is 5.22. The van der Waals surface area contributed by atoms with Crippen molar-refractivity contribution in [1.82, 2.24) is 10.2 Å². The molecule has 0 aromatic carbocycles. The largest absolute Gasteiger partial charge is 0.392 e. The van der Waals surface area contributed by atoms with Gasteiger partial charge in [-0.15, -0.1) is 0 Å². The summed E-state index contributed by atoms with van der Waals surface area (Å²) in [7, 11) is 4.03. The van der Waals surface area contributed by atoms with Gasteiger partial charge in [0.1, 0.15) is 0 Å². The number of nitrogens with two attached hydrogens (primary N) is 1. The van der Waals surface area contributed by atoms with E-state index in [0.717, 1.165) is 25.8 Å². The second-order valence-electron chi connectivity index (χ2n) is 4.36. The maximum absolute atomic E-state index is 11.7. The van der Waals surface area contributed by atoms with Crippen molar-refractivity contribution in [3.05, 3.63) is 0 Å². The summed E-state index contributed by atoms with van der Waals surface area (Å²) >= 11 is 4.90. The molecule has 1 aliphatic carbocycles. The van der Waals surface area contributed by atoms with Gasteiger partial charge in [-0.1, -0.05) is 12.2 Å². The molecular formula is C10H19N3OS. The highest BCUT2D eigenvalue weighted by atomic mass is 32.1. The third-order valence-corrected chi connectivity index (χ3v) is 3.11. The lowest BCUT2D eigenvalue weighted by Gasteiger charge is -2.14. The molecular weight excluding hydrogens is 210 g/mol. The van der Waals surface area contributed by atoms with Crippen molar-refractivity contribution in [2.45, 2.75) is 19.3 Å². The van der Waals surface area contributed by atoms with Crippen LogP contribution in [-0.4, -0.2) is 43.0 Å². The SMILES string of the molecule is CN(C)CCCNC(=O)C1(C(N)=S)CC1. The van der Waals surface area contributed by atoms with Crippen LogP contribution in [0.5, 0.6) is 0 Å². The predicted octanol–water partition coefficient (Wildman–Crippen LogP) is 0.121. The van der Waals surface area contributed by atoms with Crippen LogP contribution in [0.3, 0.4) is 0 Å². The Balaban J connectivity index is 2.22. The van der Waals surface area contributed by atoms with Crippen LogP contribution < -0.4 is 11.1 Å². The Morgan fingerprint density at radius 3 is 2.53 bits per heavy atom. The molecule has 0 aromatic heterocycles. The predicted molar refractivity (Wildman–Crippen MR) is 64.6 cm³/mol. The highest BCUT2D eigenvalue weighted by Gasteiger charge is 2.52. The molecule has 15 heavy (non-hydrogen) atoms. The van der Waals surface area contributed by atoms with E-state index in [4.69, 9.17) is 18.0 Å². The lowest BCUT2D eigenvalue weighted by atomic mass is 10.1. The third kappa shape index (κ3) is 3.14. The number of amides is 1. The highest BCUT2D eigenvalue weighted by Crippen LogP contribution is 2.46. The Morgan fingerprint density at radius 1 is 1.53 bits per heavy atom. The average molecular weight is 229 g/mol. The number of rotatable bonds is 6. The van der Waals surface area contributed by atoms with Gasteiger partial charge in [0.25, 0.3) is 0 Å². The van der Waals surface area contributed by atoms with Crippen molar-refractivity contribution in [3.8, 4) is 0 Å². The minimum absolute atomic E-state index is 0.00811. The van der Waals surface area contributed by atoms with Crippen LogP contribution >= 0.6 is 12.2 Å². The fourth-order valence-electron chi connectivity index (χ4n) is 1.48. The number of thiocarbonyl (C=S) groups is 1. The summed E-state index contributed by atoms with van der Waals surface area (Å²) in [5, 5.41) is 2.89. The van der Waals surface area contributed by atoms with Crippen molar-refractivity contribution >= 4 is 23.1 Å². The molecule has 0 aromatic rings. The van der Waals surface area contributed by atoms with Crippen LogP contribution in [0.25, 0.3) is 0 Å². The van der Waals surface area contributed by atoms with Gasteiger partial charge in [0.15, 0.2) is 0 Å². The molecule has 4 nitrogen and oxygen atoms in total. The standard InChI is InChI=1S/C10H19N3OS/c1-13(2)7-3-6-12-9(14)10(4-5-10)8(11)15/h3-7H2,1-2H3,(H2,11,15)(H,12,14). The van der Waals surface area contributed by atoms with Crippen molar-refractivity contribution in [2.24, 2.45) is 11.1 Å². The molecule has 5 heteroatoms. The molecule has 1 saturated carbocycles. The summed E-state index contributed by atoms with van der Waals surface area (Å²) in [5.74, 6) is 0.00811. The van der Waals surface area contributed by atoms with Crippen molar-refractivity contribution in [2.75, 3.05) is 27.2 Å². The van der Waals surface area contributed by atoms with Gasteiger partial charge < -0.3 is 16.0 Å². The molecule has 1 rings (SSSR count). The van der Waals surface area contributed by atoms with E-state index in [1.54, 1.807) is 0 Å². The molecule has 1 fully saturated rings. The van der Waals surface area contributed by atoms with Crippen LogP contribution in [-0.2, 0) is 4.79 Å². The van der Waals surface area contributed by atoms with E-state index < -0.39 is 5.41 Å². The second-order valence-corrected chi connectivity index (χ2v) is 4.80. The van der Waals surface area contributed by atoms with E-state index in [1.165, 1.54) is 0 Å². The first-order valence-corrected chi connectivity index (χ1v) is 5.63. The first-order chi connectivity index (χ1) is 6.99. The lowest BCUT2D eigenvalue weighted by molar-refractivity contribution is -0.124. The molecule has 0 bridgehead atoms. The number of carbonyl (C=O) groups is 1. The van der Waals surface area contributed by atoms with Crippen LogP contribution in [0.1, 0.15) is 19.3 Å². The van der Waals surface area contributed by atoms with Crippen molar-refractivity contribution in [1.29, 1.82) is 0 Å². The topological polar surface area (TPSA) is 58.4 Å². The molecule has 0 spiro atoms. The first kappa shape index (κ1) is 12.4. The molecule has 1 aliphatic rings. The van der Waals surface area contributed by atoms with Crippen LogP contribution in [0.4, 0.5) is 0 Å². The molecule has 86 valence electrons. The van der Waals surface area contributed by atoms with E-state index in [-0.39, 0.29) is 5.91 Å². The van der Waals surface area contributed by atoms with Crippen molar-refractivity contribution in [3.63, 3.8) is 0 Å². The minimum atomic E-state index is -0.506.